The minimum Gasteiger partial charge on any atom is -0.316 e. The number of fused-ring (bicyclic) bond motifs is 2. The fourth-order valence-corrected chi connectivity index (χ4v) is 4.74. The van der Waals surface area contributed by atoms with Gasteiger partial charge in [-0.2, -0.15) is 4.99 Å². The number of aromatic nitrogens is 2. The Kier molecular flexibility index (Phi) is 4.54. The van der Waals surface area contributed by atoms with Crippen molar-refractivity contribution in [2.24, 2.45) is 4.99 Å². The molecule has 0 aliphatic heterocycles. The summed E-state index contributed by atoms with van der Waals surface area (Å²) in [6.07, 6.45) is 0.853. The van der Waals surface area contributed by atoms with Crippen molar-refractivity contribution >= 4 is 54.7 Å². The molecule has 0 bridgehead atoms. The number of hydrogen-bond donors (Lipinski definition) is 0. The van der Waals surface area contributed by atoms with E-state index in [0.29, 0.717) is 16.4 Å². The molecule has 0 N–H and O–H groups in total. The van der Waals surface area contributed by atoms with Gasteiger partial charge < -0.3 is 4.57 Å². The van der Waals surface area contributed by atoms with Crippen LogP contribution in [0.25, 0.3) is 20.4 Å². The van der Waals surface area contributed by atoms with E-state index in [1.807, 2.05) is 35.8 Å². The largest absolute Gasteiger partial charge is 0.316 e. The molecule has 0 atom stereocenters. The number of carbonyl (C=O) groups is 1. The van der Waals surface area contributed by atoms with Gasteiger partial charge >= 0.3 is 5.91 Å². The summed E-state index contributed by atoms with van der Waals surface area (Å²) < 4.78 is 3.59. The number of nitro groups is 1. The van der Waals surface area contributed by atoms with Gasteiger partial charge in [-0.15, -0.1) is 11.3 Å². The van der Waals surface area contributed by atoms with Crippen LogP contribution in [0.5, 0.6) is 0 Å². The van der Waals surface area contributed by atoms with Crippen LogP contribution >= 0.6 is 22.7 Å². The van der Waals surface area contributed by atoms with Crippen molar-refractivity contribution in [2.45, 2.75) is 19.9 Å². The van der Waals surface area contributed by atoms with Crippen molar-refractivity contribution in [2.75, 3.05) is 0 Å². The fraction of sp³-hybridized carbons (Fsp3) is 0.167. The summed E-state index contributed by atoms with van der Waals surface area (Å²) in [5, 5.41) is 11.4. The van der Waals surface area contributed by atoms with Crippen molar-refractivity contribution in [1.82, 2.24) is 9.55 Å². The predicted molar refractivity (Wildman–Crippen MR) is 106 cm³/mol. The van der Waals surface area contributed by atoms with Crippen LogP contribution in [0.1, 0.15) is 23.1 Å². The highest BCUT2D eigenvalue weighted by atomic mass is 32.1. The molecular weight excluding hydrogens is 384 g/mol. The van der Waals surface area contributed by atoms with Crippen molar-refractivity contribution in [3.63, 3.8) is 0 Å². The van der Waals surface area contributed by atoms with Crippen LogP contribution in [0, 0.1) is 10.1 Å². The summed E-state index contributed by atoms with van der Waals surface area (Å²) in [5.74, 6) is -0.401. The quantitative estimate of drug-likeness (QED) is 0.377. The van der Waals surface area contributed by atoms with Gasteiger partial charge in [-0.3, -0.25) is 14.9 Å². The van der Waals surface area contributed by atoms with Crippen LogP contribution in [0.4, 0.5) is 5.69 Å². The van der Waals surface area contributed by atoms with Crippen LogP contribution < -0.4 is 4.80 Å². The molecular formula is C18H14N4O3S2. The highest BCUT2D eigenvalue weighted by molar-refractivity contribution is 7.20. The molecule has 0 fully saturated rings. The molecule has 4 aromatic rings. The topological polar surface area (TPSA) is 90.4 Å². The molecule has 2 aromatic carbocycles. The van der Waals surface area contributed by atoms with Gasteiger partial charge in [0.2, 0.25) is 0 Å². The van der Waals surface area contributed by atoms with Gasteiger partial charge in [-0.25, -0.2) is 4.98 Å². The third-order valence-corrected chi connectivity index (χ3v) is 6.06. The van der Waals surface area contributed by atoms with E-state index in [1.165, 1.54) is 34.8 Å². The minimum absolute atomic E-state index is 0.0245. The summed E-state index contributed by atoms with van der Waals surface area (Å²) in [6, 6.07) is 12.3. The molecule has 7 nitrogen and oxygen atoms in total. The Bertz CT molecular complexity index is 1220. The van der Waals surface area contributed by atoms with Crippen LogP contribution in [0.2, 0.25) is 0 Å². The highest BCUT2D eigenvalue weighted by Crippen LogP contribution is 2.24. The van der Waals surface area contributed by atoms with Gasteiger partial charge in [0.25, 0.3) is 5.69 Å². The average molecular weight is 398 g/mol. The number of para-hydroxylation sites is 1. The van der Waals surface area contributed by atoms with Gasteiger partial charge in [-0.1, -0.05) is 30.4 Å². The number of benzene rings is 2. The third kappa shape index (κ3) is 3.26. The van der Waals surface area contributed by atoms with E-state index in [0.717, 1.165) is 26.9 Å². The van der Waals surface area contributed by atoms with Crippen LogP contribution in [-0.2, 0) is 6.54 Å². The molecule has 0 radical (unpaired) electrons. The van der Waals surface area contributed by atoms with Crippen molar-refractivity contribution in [1.29, 1.82) is 0 Å². The second kappa shape index (κ2) is 7.01. The number of carbonyl (C=O) groups excluding carboxylic acids is 1. The Morgan fingerprint density at radius 3 is 2.78 bits per heavy atom. The molecule has 1 amide bonds. The summed E-state index contributed by atoms with van der Waals surface area (Å²) in [4.78, 5) is 32.4. The van der Waals surface area contributed by atoms with E-state index < -0.39 is 10.8 Å². The average Bonchev–Trinajstić information content (AvgIpc) is 3.23. The minimum atomic E-state index is -0.424. The molecule has 0 aliphatic carbocycles. The molecule has 9 heteroatoms. The summed E-state index contributed by atoms with van der Waals surface area (Å²) in [7, 11) is 0. The lowest BCUT2D eigenvalue weighted by Gasteiger charge is -2.02. The van der Waals surface area contributed by atoms with Crippen LogP contribution in [0.15, 0.2) is 47.5 Å². The van der Waals surface area contributed by atoms with Gasteiger partial charge in [0.1, 0.15) is 0 Å². The van der Waals surface area contributed by atoms with Gasteiger partial charge in [0.15, 0.2) is 9.81 Å². The number of nitrogens with zero attached hydrogens (tertiary/aromatic N) is 4. The summed E-state index contributed by atoms with van der Waals surface area (Å²) >= 11 is 2.58. The molecule has 4 rings (SSSR count). The molecule has 2 aromatic heterocycles. The Labute approximate surface area is 161 Å². The first-order chi connectivity index (χ1) is 13.1. The first kappa shape index (κ1) is 17.5. The Morgan fingerprint density at radius 2 is 2.04 bits per heavy atom. The molecule has 0 spiro atoms. The van der Waals surface area contributed by atoms with E-state index in [4.69, 9.17) is 0 Å². The maximum Gasteiger partial charge on any atom is 0.308 e. The monoisotopic (exact) mass is 398 g/mol. The van der Waals surface area contributed by atoms with Crippen molar-refractivity contribution in [3.05, 3.63) is 62.4 Å². The van der Waals surface area contributed by atoms with Crippen molar-refractivity contribution < 1.29 is 9.72 Å². The fourth-order valence-electron chi connectivity index (χ4n) is 2.80. The lowest BCUT2D eigenvalue weighted by Crippen LogP contribution is -2.16. The standard InChI is InChI=1S/C18H14N4O3S2/c1-2-9-21-13-8-7-11(22(24)25)10-15(13)27-18(21)20-16(23)17-19-12-5-3-4-6-14(12)26-17/h3-8,10H,2,9H2,1H3. The Balaban J connectivity index is 1.84. The molecule has 0 saturated heterocycles. The maximum atomic E-state index is 12.7. The number of aryl methyl sites for hydroxylation is 1. The highest BCUT2D eigenvalue weighted by Gasteiger charge is 2.15. The Hall–Kier alpha value is -2.91. The van der Waals surface area contributed by atoms with E-state index in [9.17, 15) is 14.9 Å². The van der Waals surface area contributed by atoms with Crippen LogP contribution in [-0.4, -0.2) is 20.4 Å². The first-order valence-electron chi connectivity index (χ1n) is 8.29. The molecule has 0 unspecified atom stereocenters. The number of thiazole rings is 2. The second-order valence-electron chi connectivity index (χ2n) is 5.85. The molecule has 27 heavy (non-hydrogen) atoms. The van der Waals surface area contributed by atoms with E-state index >= 15 is 0 Å². The first-order valence-corrected chi connectivity index (χ1v) is 9.92. The summed E-state index contributed by atoms with van der Waals surface area (Å²) in [6.45, 7) is 2.70. The number of amides is 1. The second-order valence-corrected chi connectivity index (χ2v) is 7.89. The third-order valence-electron chi connectivity index (χ3n) is 4.00. The van der Waals surface area contributed by atoms with Crippen LogP contribution in [0.3, 0.4) is 0 Å². The van der Waals surface area contributed by atoms with Gasteiger partial charge in [-0.05, 0) is 24.6 Å². The smallest absolute Gasteiger partial charge is 0.308 e. The number of non-ortho nitro benzene ring substituents is 1. The van der Waals surface area contributed by atoms with E-state index in [1.54, 1.807) is 6.07 Å². The van der Waals surface area contributed by atoms with Gasteiger partial charge in [0, 0.05) is 18.7 Å². The normalized spacial score (nSPS) is 12.1. The number of rotatable bonds is 4. The molecule has 0 aliphatic rings. The van der Waals surface area contributed by atoms with Gasteiger partial charge in [0.05, 0.1) is 25.4 Å². The number of hydrogen-bond acceptors (Lipinski definition) is 6. The zero-order valence-electron chi connectivity index (χ0n) is 14.3. The lowest BCUT2D eigenvalue weighted by molar-refractivity contribution is -0.384. The van der Waals surface area contributed by atoms with E-state index in [-0.39, 0.29) is 5.69 Å². The lowest BCUT2D eigenvalue weighted by atomic mass is 10.3. The zero-order valence-corrected chi connectivity index (χ0v) is 15.9. The molecule has 2 heterocycles. The zero-order chi connectivity index (χ0) is 19.0. The predicted octanol–water partition coefficient (Wildman–Crippen LogP) is 4.37. The molecule has 0 saturated carbocycles. The Morgan fingerprint density at radius 1 is 1.22 bits per heavy atom. The SMILES string of the molecule is CCCn1c(=NC(=O)c2nc3ccccc3s2)sc2cc([N+](=O)[O-])ccc21. The van der Waals surface area contributed by atoms with Crippen molar-refractivity contribution in [3.8, 4) is 0 Å². The maximum absolute atomic E-state index is 12.7. The molecule has 136 valence electrons. The summed E-state index contributed by atoms with van der Waals surface area (Å²) in [5.41, 5.74) is 1.63. The number of nitro benzene ring substituents is 1. The van der Waals surface area contributed by atoms with E-state index in [2.05, 4.69) is 9.98 Å².